The molecule has 0 N–H and O–H groups in total. The minimum atomic E-state index is -0.931. The zero-order chi connectivity index (χ0) is 45.4. The molecule has 3 nitrogen and oxygen atoms in total. The Hall–Kier alpha value is -7.69. The van der Waals surface area contributed by atoms with Crippen LogP contribution < -0.4 is 9.64 Å². The van der Waals surface area contributed by atoms with Gasteiger partial charge in [0.25, 0.3) is 0 Å². The SMILES string of the molecule is CC(C)(C)c1ccc(N(c2ccc3c(c2)C(C)(C)Oc2ccccc2-3)c2cc3c(c4oc5ccccc5c24)-c2c(ccc4c2-c2ccccc2C4)C3(c2ccccc2)c2cccc(F)c2)cc1. The van der Waals surface area contributed by atoms with E-state index in [9.17, 15) is 0 Å². The Morgan fingerprint density at radius 2 is 1.25 bits per heavy atom. The Balaban J connectivity index is 1.20. The molecule has 3 aliphatic rings. The van der Waals surface area contributed by atoms with Crippen molar-refractivity contribution < 1.29 is 13.5 Å². The fourth-order valence-electron chi connectivity index (χ4n) is 11.8. The van der Waals surface area contributed by atoms with Crippen LogP contribution in [0.3, 0.4) is 0 Å². The van der Waals surface area contributed by atoms with E-state index in [-0.39, 0.29) is 11.2 Å². The molecule has 0 radical (unpaired) electrons. The molecule has 1 atom stereocenters. The molecule has 0 fully saturated rings. The molecule has 324 valence electrons. The Morgan fingerprint density at radius 1 is 0.537 bits per heavy atom. The number of anilines is 3. The van der Waals surface area contributed by atoms with Crippen molar-refractivity contribution in [2.75, 3.05) is 4.90 Å². The number of benzene rings is 9. The van der Waals surface area contributed by atoms with Gasteiger partial charge < -0.3 is 14.1 Å². The summed E-state index contributed by atoms with van der Waals surface area (Å²) < 4.78 is 30.2. The lowest BCUT2D eigenvalue weighted by Crippen LogP contribution is -2.30. The summed E-state index contributed by atoms with van der Waals surface area (Å²) in [7, 11) is 0. The molecule has 0 saturated carbocycles. The molecule has 1 aliphatic heterocycles. The van der Waals surface area contributed by atoms with Gasteiger partial charge in [0.15, 0.2) is 0 Å². The number of hydrogen-bond acceptors (Lipinski definition) is 3. The Morgan fingerprint density at radius 3 is 2.06 bits per heavy atom. The van der Waals surface area contributed by atoms with Gasteiger partial charge in [-0.15, -0.1) is 0 Å². The van der Waals surface area contributed by atoms with Crippen molar-refractivity contribution in [2.45, 2.75) is 57.5 Å². The van der Waals surface area contributed by atoms with Crippen molar-refractivity contribution in [3.05, 3.63) is 238 Å². The van der Waals surface area contributed by atoms with Gasteiger partial charge in [-0.05, 0) is 141 Å². The van der Waals surface area contributed by atoms with Crippen molar-refractivity contribution in [3.8, 4) is 39.1 Å². The lowest BCUT2D eigenvalue weighted by Gasteiger charge is -2.37. The number of hydrogen-bond donors (Lipinski definition) is 0. The average molecular weight is 870 g/mol. The first kappa shape index (κ1) is 39.7. The van der Waals surface area contributed by atoms with Crippen molar-refractivity contribution in [1.29, 1.82) is 0 Å². The highest BCUT2D eigenvalue weighted by Crippen LogP contribution is 2.64. The van der Waals surface area contributed by atoms with Crippen LogP contribution in [0.25, 0.3) is 55.3 Å². The maximum absolute atomic E-state index is 16.1. The van der Waals surface area contributed by atoms with Gasteiger partial charge in [0.2, 0.25) is 0 Å². The first-order valence-corrected chi connectivity index (χ1v) is 23.4. The van der Waals surface area contributed by atoms with Crippen LogP contribution in [-0.2, 0) is 22.9 Å². The predicted molar refractivity (Wildman–Crippen MR) is 272 cm³/mol. The molecule has 0 saturated heterocycles. The summed E-state index contributed by atoms with van der Waals surface area (Å²) in [6.07, 6.45) is 0.842. The summed E-state index contributed by atoms with van der Waals surface area (Å²) in [5.74, 6) is 0.608. The van der Waals surface area contributed by atoms with Crippen LogP contribution in [-0.4, -0.2) is 0 Å². The highest BCUT2D eigenvalue weighted by molar-refractivity contribution is 6.20. The number of ether oxygens (including phenoxy) is 1. The van der Waals surface area contributed by atoms with Crippen LogP contribution in [0.1, 0.15) is 79.1 Å². The highest BCUT2D eigenvalue weighted by Gasteiger charge is 2.50. The maximum Gasteiger partial charge on any atom is 0.145 e. The highest BCUT2D eigenvalue weighted by atomic mass is 19.1. The van der Waals surface area contributed by atoms with Crippen LogP contribution in [0.4, 0.5) is 21.5 Å². The summed E-state index contributed by atoms with van der Waals surface area (Å²) in [5.41, 5.74) is 18.9. The Labute approximate surface area is 390 Å². The van der Waals surface area contributed by atoms with Crippen molar-refractivity contribution >= 4 is 39.0 Å². The van der Waals surface area contributed by atoms with Crippen molar-refractivity contribution in [3.63, 3.8) is 0 Å². The average Bonchev–Trinajstić information content (AvgIpc) is 4.00. The van der Waals surface area contributed by atoms with E-state index in [1.807, 2.05) is 12.1 Å². The van der Waals surface area contributed by atoms with Crippen molar-refractivity contribution in [1.82, 2.24) is 0 Å². The van der Waals surface area contributed by atoms with E-state index in [0.717, 1.165) is 101 Å². The summed E-state index contributed by atoms with van der Waals surface area (Å²) in [5, 5.41) is 2.05. The van der Waals surface area contributed by atoms with E-state index in [1.165, 1.54) is 27.8 Å². The summed E-state index contributed by atoms with van der Waals surface area (Å²) in [6.45, 7) is 11.1. The van der Waals surface area contributed by atoms with Crippen LogP contribution in [0, 0.1) is 5.82 Å². The molecule has 10 aromatic rings. The van der Waals surface area contributed by atoms with Crippen LogP contribution in [0.5, 0.6) is 5.75 Å². The smallest absolute Gasteiger partial charge is 0.145 e. The van der Waals surface area contributed by atoms with Gasteiger partial charge in [0.1, 0.15) is 28.3 Å². The van der Waals surface area contributed by atoms with Crippen LogP contribution >= 0.6 is 0 Å². The third-order valence-corrected chi connectivity index (χ3v) is 14.8. The minimum Gasteiger partial charge on any atom is -0.482 e. The first-order chi connectivity index (χ1) is 32.5. The molecule has 2 aliphatic carbocycles. The molecular weight excluding hydrogens is 822 g/mol. The molecule has 2 heterocycles. The number of fused-ring (bicyclic) bond motifs is 14. The number of rotatable bonds is 5. The van der Waals surface area contributed by atoms with Crippen molar-refractivity contribution in [2.24, 2.45) is 0 Å². The molecule has 0 spiro atoms. The molecular formula is C63H48FNO2. The topological polar surface area (TPSA) is 25.6 Å². The van der Waals surface area contributed by atoms with E-state index < -0.39 is 11.0 Å². The van der Waals surface area contributed by atoms with E-state index >= 15 is 4.39 Å². The van der Waals surface area contributed by atoms with Gasteiger partial charge in [-0.1, -0.05) is 154 Å². The summed E-state index contributed by atoms with van der Waals surface area (Å²) in [4.78, 5) is 2.41. The predicted octanol–water partition coefficient (Wildman–Crippen LogP) is 16.7. The second-order valence-corrected chi connectivity index (χ2v) is 20.1. The Kier molecular flexibility index (Phi) is 8.38. The van der Waals surface area contributed by atoms with Gasteiger partial charge in [0.05, 0.1) is 16.5 Å². The number of nitrogens with zero attached hydrogens (tertiary/aromatic N) is 1. The zero-order valence-electron chi connectivity index (χ0n) is 38.2. The first-order valence-electron chi connectivity index (χ1n) is 23.4. The largest absolute Gasteiger partial charge is 0.482 e. The standard InChI is InChI=1S/C63H48FNO2/c1-61(2,3)40-27-29-44(30-28-40)65(45-31-32-47-48-22-11-14-25-55(48)67-62(4,5)51(47)36-45)53-37-52-59(60-57(53)49-23-12-13-24-54(49)66-60)58-50(33-26-39-34-38-16-9-10-21-46(38)56(39)58)63(52,41-17-7-6-8-18-41)42-19-15-20-43(64)35-42/h6-33,35-37H,34H2,1-5H3. The second-order valence-electron chi connectivity index (χ2n) is 20.1. The quantitative estimate of drug-likeness (QED) is 0.172. The molecule has 1 unspecified atom stereocenters. The lowest BCUT2D eigenvalue weighted by molar-refractivity contribution is 0.106. The number of halogens is 1. The van der Waals surface area contributed by atoms with E-state index in [2.05, 4.69) is 203 Å². The summed E-state index contributed by atoms with van der Waals surface area (Å²) in [6, 6.07) is 66.4. The fourth-order valence-corrected chi connectivity index (χ4v) is 11.8. The molecule has 67 heavy (non-hydrogen) atoms. The lowest BCUT2D eigenvalue weighted by atomic mass is 9.67. The van der Waals surface area contributed by atoms with Gasteiger partial charge >= 0.3 is 0 Å². The summed E-state index contributed by atoms with van der Waals surface area (Å²) >= 11 is 0. The molecule has 1 aromatic heterocycles. The molecule has 0 bridgehead atoms. The molecule has 4 heteroatoms. The zero-order valence-corrected chi connectivity index (χ0v) is 38.2. The minimum absolute atomic E-state index is 0.0452. The number of para-hydroxylation sites is 2. The molecule has 0 amide bonds. The fraction of sp³-hybridized carbons (Fsp3) is 0.143. The van der Waals surface area contributed by atoms with Crippen LogP contribution in [0.15, 0.2) is 192 Å². The maximum atomic E-state index is 16.1. The molecule has 9 aromatic carbocycles. The molecule has 13 rings (SSSR count). The van der Waals surface area contributed by atoms with E-state index in [0.29, 0.717) is 0 Å². The van der Waals surface area contributed by atoms with Gasteiger partial charge in [0, 0.05) is 33.5 Å². The van der Waals surface area contributed by atoms with Gasteiger partial charge in [-0.25, -0.2) is 4.39 Å². The van der Waals surface area contributed by atoms with Gasteiger partial charge in [-0.2, -0.15) is 0 Å². The monoisotopic (exact) mass is 869 g/mol. The third kappa shape index (κ3) is 5.69. The van der Waals surface area contributed by atoms with Gasteiger partial charge in [-0.3, -0.25) is 0 Å². The Bertz CT molecular complexity index is 3670. The van der Waals surface area contributed by atoms with E-state index in [4.69, 9.17) is 9.15 Å². The normalized spacial score (nSPS) is 16.1. The van der Waals surface area contributed by atoms with Crippen LogP contribution in [0.2, 0.25) is 0 Å². The number of furan rings is 1. The van der Waals surface area contributed by atoms with E-state index in [1.54, 1.807) is 12.1 Å². The second kappa shape index (κ2) is 14.2. The third-order valence-electron chi connectivity index (χ3n) is 14.8.